The number of ether oxygens (including phenoxy) is 4. The largest absolute Gasteiger partial charge is 0.455 e. The summed E-state index contributed by atoms with van der Waals surface area (Å²) in [7, 11) is 1.44. The number of nitrogens with one attached hydrogen (secondary N) is 3. The number of carbonyl (C=O) groups excluding carboxylic acids is 8. The minimum absolute atomic E-state index is 0.00171. The van der Waals surface area contributed by atoms with Crippen molar-refractivity contribution < 1.29 is 89.6 Å². The van der Waals surface area contributed by atoms with Gasteiger partial charge in [0.2, 0.25) is 23.6 Å². The summed E-state index contributed by atoms with van der Waals surface area (Å²) in [6, 6.07) is 4.56. The molecule has 4 aliphatic heterocycles. The Labute approximate surface area is 533 Å². The number of carbonyl (C=O) groups is 8. The number of amides is 7. The third-order valence-electron chi connectivity index (χ3n) is 15.4. The van der Waals surface area contributed by atoms with Gasteiger partial charge in [0.1, 0.15) is 54.7 Å². The smallest absolute Gasteiger partial charge is 0.409 e. The molecule has 4 aliphatic rings. The van der Waals surface area contributed by atoms with E-state index in [1.165, 1.54) is 33.7 Å². The van der Waals surface area contributed by atoms with Gasteiger partial charge in [-0.1, -0.05) is 32.9 Å². The average Bonchev–Trinajstić information content (AvgIpc) is 1.62. The predicted octanol–water partition coefficient (Wildman–Crippen LogP) is 2.06. The number of hydrogen-bond donors (Lipinski definition) is 8. The van der Waals surface area contributed by atoms with Gasteiger partial charge >= 0.3 is 31.5 Å². The van der Waals surface area contributed by atoms with E-state index in [-0.39, 0.29) is 123 Å². The van der Waals surface area contributed by atoms with Crippen molar-refractivity contribution in [3.05, 3.63) is 55.1 Å². The number of anilines is 3. The Kier molecular flexibility index (Phi) is 22.2. The Hall–Kier alpha value is -7.41. The van der Waals surface area contributed by atoms with Crippen LogP contribution < -0.4 is 33.2 Å². The van der Waals surface area contributed by atoms with Crippen LogP contribution in [-0.2, 0) is 96.0 Å². The van der Waals surface area contributed by atoms with Crippen LogP contribution in [0.2, 0.25) is 0 Å². The highest BCUT2D eigenvalue weighted by Crippen LogP contribution is 2.55. The number of benzene rings is 1. The van der Waals surface area contributed by atoms with E-state index in [9.17, 15) is 48.1 Å². The van der Waals surface area contributed by atoms with Crippen LogP contribution in [0, 0.1) is 17.8 Å². The number of imidazole rings is 2. The Bertz CT molecular complexity index is 3690. The summed E-state index contributed by atoms with van der Waals surface area (Å²) in [5, 5.41) is 7.96. The first kappa shape index (κ1) is 68.9. The number of likely N-dealkylation sites (tertiary alicyclic amines) is 1. The van der Waals surface area contributed by atoms with Gasteiger partial charge in [0.25, 0.3) is 0 Å². The number of primary amides is 1. The molecule has 4 aromatic heterocycles. The van der Waals surface area contributed by atoms with Crippen LogP contribution in [0.4, 0.5) is 31.3 Å². The molecule has 4 unspecified atom stereocenters. The lowest BCUT2D eigenvalue weighted by molar-refractivity contribution is -0.158. The van der Waals surface area contributed by atoms with Crippen LogP contribution in [0.5, 0.6) is 0 Å². The standard InChI is InChI=1S/C53H69FN16O18P2S2/c1-26(2)38(66-34(72)13-16-68-35(73)17-27(3)49(68)76)31(71)18-29(7-5-14-58-52(57)77)48(75)65-30-11-9-28(10-12-30)19-81-53(78)67(4)15-6-8-36(74)86-43-42-33(85-51(43)70-25-64-40-45(56)60-23-62-47(40)70)21-83-89(79,91)87-41-32(20-82-90(80,92)88-42)84-50(37(41)54)69-24-63-39-44(55)59-22-61-46(39)69/h9-12,22-27,29,32-33,37-38,41-43,50-51H,5-8,13-21H2,1-4H3,(H,65,75)(H,66,72)(H,79,91)(H,80,92)(H2,55,59,61)(H2,56,60,62)(H3,57,58,77)/t27?,29-,32-,33-,37-,38+,41-,42?,43-,50-,51-,89?,90?/m1/s1. The molecule has 4 saturated heterocycles. The highest BCUT2D eigenvalue weighted by molar-refractivity contribution is 8.07. The summed E-state index contributed by atoms with van der Waals surface area (Å²) in [6.45, 7) is -5.42. The number of alkyl halides is 1. The topological polar surface area (TPSA) is 459 Å². The van der Waals surface area contributed by atoms with Gasteiger partial charge in [-0.25, -0.2) is 43.9 Å². The van der Waals surface area contributed by atoms with Crippen LogP contribution in [-0.4, -0.2) is 189 Å². The summed E-state index contributed by atoms with van der Waals surface area (Å²) in [5.74, 6) is -4.86. The van der Waals surface area contributed by atoms with Crippen molar-refractivity contribution >= 4 is 124 Å². The quantitative estimate of drug-likeness (QED) is 0.0201. The molecular weight excluding hydrogens is 1290 g/mol. The number of nitrogens with zero attached hydrogens (tertiary/aromatic N) is 10. The summed E-state index contributed by atoms with van der Waals surface area (Å²) < 4.78 is 66.4. The zero-order chi connectivity index (χ0) is 66.3. The Morgan fingerprint density at radius 3 is 2.04 bits per heavy atom. The SMILES string of the molecule is CC1CC(=O)N(CCC(=O)N[C@H](C(=O)C[C@@H](CCCNC(N)=O)C(=O)Nc2ccc(COC(=O)N(C)CCCC(=O)O[C@@H]3C4OP(O)(=S)OC[C@H]5O[C@@H](n6cnc7c(N)ncnc76)[C@H](F)[C@@H]5OP(O)(=S)OC[C@H]4O[C@H]3n3cnc4c(N)ncnc43)cc2)C(C)C)C1=O. The normalized spacial score (nSPS) is 26.5. The van der Waals surface area contributed by atoms with Crippen molar-refractivity contribution in [1.29, 1.82) is 0 Å². The molecule has 0 aliphatic carbocycles. The van der Waals surface area contributed by atoms with E-state index < -0.39 is 129 Å². The number of nitrogens with two attached hydrogens (primary N) is 3. The second-order valence-electron chi connectivity index (χ2n) is 22.5. The fourth-order valence-corrected chi connectivity index (χ4v) is 13.6. The number of nitrogen functional groups attached to an aromatic ring is 2. The molecule has 0 spiro atoms. The number of hydrogen-bond acceptors (Lipinski definition) is 26. The predicted molar refractivity (Wildman–Crippen MR) is 326 cm³/mol. The van der Waals surface area contributed by atoms with Crippen LogP contribution in [0.3, 0.4) is 0 Å². The summed E-state index contributed by atoms with van der Waals surface area (Å²) in [5.41, 5.74) is 18.7. The molecule has 5 aromatic rings. The van der Waals surface area contributed by atoms with Crippen molar-refractivity contribution in [1.82, 2.24) is 59.5 Å². The van der Waals surface area contributed by atoms with Gasteiger partial charge in [0, 0.05) is 69.9 Å². The summed E-state index contributed by atoms with van der Waals surface area (Å²) in [6.07, 6.45) is -8.79. The van der Waals surface area contributed by atoms with E-state index in [1.807, 2.05) is 0 Å². The van der Waals surface area contributed by atoms with Crippen molar-refractivity contribution in [2.75, 3.05) is 56.7 Å². The first-order valence-electron chi connectivity index (χ1n) is 29.0. The number of imide groups is 1. The molecule has 0 saturated carbocycles. The molecule has 39 heteroatoms. The zero-order valence-electron chi connectivity index (χ0n) is 50.0. The zero-order valence-corrected chi connectivity index (χ0v) is 53.4. The number of urea groups is 1. The monoisotopic (exact) mass is 1360 g/mol. The number of halogens is 1. The van der Waals surface area contributed by atoms with E-state index in [2.05, 4.69) is 45.9 Å². The minimum Gasteiger partial charge on any atom is -0.455 e. The van der Waals surface area contributed by atoms with E-state index in [0.717, 1.165) is 17.6 Å². The number of esters is 1. The molecule has 4 fully saturated rings. The van der Waals surface area contributed by atoms with E-state index in [4.69, 9.17) is 77.9 Å². The summed E-state index contributed by atoms with van der Waals surface area (Å²) >= 11 is 10.8. The van der Waals surface area contributed by atoms with Crippen LogP contribution >= 0.6 is 13.4 Å². The first-order valence-corrected chi connectivity index (χ1v) is 34.1. The number of ketones is 1. The minimum atomic E-state index is -4.47. The molecule has 498 valence electrons. The third kappa shape index (κ3) is 16.7. The maximum atomic E-state index is 16.5. The fraction of sp³-hybridized carbons (Fsp3) is 0.547. The number of Topliss-reactive ketones (excluding diaryl/α,β-unsaturated/α-hetero) is 1. The molecule has 13 atom stereocenters. The number of aromatic nitrogens is 8. The molecule has 0 radical (unpaired) electrons. The van der Waals surface area contributed by atoms with Crippen molar-refractivity contribution in [3.63, 3.8) is 0 Å². The second-order valence-corrected chi connectivity index (χ2v) is 28.0. The van der Waals surface area contributed by atoms with Crippen molar-refractivity contribution in [2.24, 2.45) is 23.5 Å². The lowest BCUT2D eigenvalue weighted by Crippen LogP contribution is -2.46. The molecule has 8 heterocycles. The molecule has 0 bridgehead atoms. The molecule has 7 amide bonds. The molecular formula is C53H69FN16O18P2S2. The number of rotatable bonds is 23. The van der Waals surface area contributed by atoms with Crippen LogP contribution in [0.1, 0.15) is 83.7 Å². The Balaban J connectivity index is 0.795. The maximum Gasteiger partial charge on any atom is 0.409 e. The fourth-order valence-electron chi connectivity index (χ4n) is 10.7. The highest BCUT2D eigenvalue weighted by Gasteiger charge is 2.55. The van der Waals surface area contributed by atoms with Gasteiger partial charge < -0.3 is 75.8 Å². The Morgan fingerprint density at radius 1 is 0.848 bits per heavy atom. The van der Waals surface area contributed by atoms with Gasteiger partial charge in [0.05, 0.1) is 31.9 Å². The van der Waals surface area contributed by atoms with Crippen molar-refractivity contribution in [2.45, 2.75) is 128 Å². The van der Waals surface area contributed by atoms with Gasteiger partial charge in [-0.3, -0.25) is 51.8 Å². The molecule has 9 rings (SSSR count). The Morgan fingerprint density at radius 2 is 1.45 bits per heavy atom. The van der Waals surface area contributed by atoms with Crippen LogP contribution in [0.25, 0.3) is 22.3 Å². The van der Waals surface area contributed by atoms with Crippen molar-refractivity contribution in [3.8, 4) is 0 Å². The van der Waals surface area contributed by atoms with Crippen LogP contribution in [0.15, 0.2) is 49.6 Å². The highest BCUT2D eigenvalue weighted by atomic mass is 32.5. The van der Waals surface area contributed by atoms with Gasteiger partial charge in [-0.05, 0) is 66.5 Å². The van der Waals surface area contributed by atoms with E-state index in [1.54, 1.807) is 45.0 Å². The third-order valence-corrected chi connectivity index (χ3v) is 18.6. The molecule has 1 aromatic carbocycles. The maximum absolute atomic E-state index is 16.5. The first-order chi connectivity index (χ1) is 43.7. The molecule has 92 heavy (non-hydrogen) atoms. The van der Waals surface area contributed by atoms with Gasteiger partial charge in [0.15, 0.2) is 53.4 Å². The van der Waals surface area contributed by atoms with E-state index >= 15 is 4.39 Å². The van der Waals surface area contributed by atoms with E-state index in [0.29, 0.717) is 11.3 Å². The summed E-state index contributed by atoms with van der Waals surface area (Å²) in [4.78, 5) is 154. The van der Waals surface area contributed by atoms with Gasteiger partial charge in [-0.15, -0.1) is 0 Å². The second kappa shape index (κ2) is 29.7. The lowest BCUT2D eigenvalue weighted by atomic mass is 9.89. The molecule has 34 nitrogen and oxygen atoms in total. The molecule has 11 N–H and O–H groups in total. The lowest BCUT2D eigenvalue weighted by Gasteiger charge is -2.31. The number of fused-ring (bicyclic) bond motifs is 4. The average molecular weight is 1360 g/mol. The van der Waals surface area contributed by atoms with Gasteiger partial charge in [-0.2, -0.15) is 0 Å².